The molecule has 0 fully saturated rings. The topological polar surface area (TPSA) is 3.24 Å². The first kappa shape index (κ1) is 32.4. The van der Waals surface area contributed by atoms with Crippen molar-refractivity contribution >= 4 is 114 Å². The Balaban J connectivity index is 1.12. The summed E-state index contributed by atoms with van der Waals surface area (Å²) in [6.07, 6.45) is 0. The molecule has 1 heteroatoms. The maximum atomic E-state index is 2.48. The summed E-state index contributed by atoms with van der Waals surface area (Å²) in [7, 11) is 0. The van der Waals surface area contributed by atoms with Crippen LogP contribution in [0.4, 0.5) is 17.1 Å². The average molecular weight is 746 g/mol. The summed E-state index contributed by atoms with van der Waals surface area (Å²) in [5, 5.41) is 22.9. The molecule has 59 heavy (non-hydrogen) atoms. The number of fused-ring (bicyclic) bond motifs is 6. The number of anilines is 3. The second-order valence-electron chi connectivity index (χ2n) is 16.0. The molecule has 13 aromatic rings. The lowest BCUT2D eigenvalue weighted by molar-refractivity contribution is 1.31. The highest BCUT2D eigenvalue weighted by molar-refractivity contribution is 6.38. The zero-order chi connectivity index (χ0) is 38.6. The molecule has 0 bridgehead atoms. The minimum absolute atomic E-state index is 1.11. The lowest BCUT2D eigenvalue weighted by Gasteiger charge is -2.29. The van der Waals surface area contributed by atoms with Gasteiger partial charge in [-0.15, -0.1) is 0 Å². The summed E-state index contributed by atoms with van der Waals surface area (Å²) in [4.78, 5) is 2.48. The standard InChI is InChI=1S/C58H35N/c1-2-11-41-33-42(25-21-36(41)9-1)37-27-29-45(30-28-37)59(46-31-32-48-43(34-46)26-22-38-10-3-4-15-47(38)48)54-35-44-14-7-18-50-49-16-5-12-39-23-24-40-13-6-17-51(56(40)55(39)49)52-19-8-20-53(54)58(52)57(44)50/h1-35H. The van der Waals surface area contributed by atoms with Crippen LogP contribution in [-0.4, -0.2) is 0 Å². The normalized spacial score (nSPS) is 12.1. The zero-order valence-electron chi connectivity index (χ0n) is 32.2. The minimum Gasteiger partial charge on any atom is -0.310 e. The van der Waals surface area contributed by atoms with E-state index in [0.717, 1.165) is 17.1 Å². The average Bonchev–Trinajstić information content (AvgIpc) is 3.30. The molecule has 0 atom stereocenters. The summed E-state index contributed by atoms with van der Waals surface area (Å²) in [6, 6.07) is 79.2. The highest BCUT2D eigenvalue weighted by Gasteiger charge is 2.22. The molecule has 13 aromatic carbocycles. The number of hydrogen-bond acceptors (Lipinski definition) is 1. The Morgan fingerprint density at radius 3 is 1.44 bits per heavy atom. The van der Waals surface area contributed by atoms with Gasteiger partial charge in [-0.05, 0) is 134 Å². The van der Waals surface area contributed by atoms with Gasteiger partial charge in [0.25, 0.3) is 0 Å². The number of nitrogens with zero attached hydrogens (tertiary/aromatic N) is 1. The van der Waals surface area contributed by atoms with Crippen LogP contribution in [0.5, 0.6) is 0 Å². The quantitative estimate of drug-likeness (QED) is 0.162. The molecular formula is C58H35N. The summed E-state index contributed by atoms with van der Waals surface area (Å²) in [6.45, 7) is 0. The molecule has 0 unspecified atom stereocenters. The van der Waals surface area contributed by atoms with Gasteiger partial charge < -0.3 is 4.90 Å². The lowest BCUT2D eigenvalue weighted by atomic mass is 9.87. The van der Waals surface area contributed by atoms with Gasteiger partial charge in [-0.3, -0.25) is 0 Å². The van der Waals surface area contributed by atoms with Crippen LogP contribution in [0.1, 0.15) is 0 Å². The summed E-state index contributed by atoms with van der Waals surface area (Å²) in [5.74, 6) is 0. The minimum atomic E-state index is 1.11. The van der Waals surface area contributed by atoms with Crippen molar-refractivity contribution in [1.29, 1.82) is 0 Å². The Labute approximate surface area is 340 Å². The second kappa shape index (κ2) is 12.4. The van der Waals surface area contributed by atoms with Crippen LogP contribution in [0, 0.1) is 0 Å². The fourth-order valence-electron chi connectivity index (χ4n) is 10.2. The van der Waals surface area contributed by atoms with E-state index in [1.807, 2.05) is 0 Å². The van der Waals surface area contributed by atoms with Crippen molar-refractivity contribution in [2.24, 2.45) is 0 Å². The maximum absolute atomic E-state index is 2.48. The van der Waals surface area contributed by atoms with E-state index < -0.39 is 0 Å². The molecule has 13 rings (SSSR count). The fourth-order valence-corrected chi connectivity index (χ4v) is 10.2. The lowest BCUT2D eigenvalue weighted by Crippen LogP contribution is -2.11. The first-order chi connectivity index (χ1) is 29.2. The highest BCUT2D eigenvalue weighted by Crippen LogP contribution is 2.48. The molecule has 0 saturated carbocycles. The van der Waals surface area contributed by atoms with Gasteiger partial charge >= 0.3 is 0 Å². The molecule has 0 aliphatic carbocycles. The van der Waals surface area contributed by atoms with Crippen LogP contribution < -0.4 is 4.90 Å². The summed E-state index contributed by atoms with van der Waals surface area (Å²) < 4.78 is 0. The Kier molecular flexibility index (Phi) is 6.79. The van der Waals surface area contributed by atoms with Gasteiger partial charge in [-0.2, -0.15) is 0 Å². The molecule has 0 aliphatic rings. The molecule has 0 aromatic heterocycles. The van der Waals surface area contributed by atoms with Crippen molar-refractivity contribution in [2.45, 2.75) is 0 Å². The van der Waals surface area contributed by atoms with Crippen molar-refractivity contribution < 1.29 is 0 Å². The third kappa shape index (κ3) is 4.79. The van der Waals surface area contributed by atoms with Crippen LogP contribution in [0.25, 0.3) is 108 Å². The summed E-state index contributed by atoms with van der Waals surface area (Å²) in [5.41, 5.74) is 5.80. The van der Waals surface area contributed by atoms with Gasteiger partial charge in [0.2, 0.25) is 0 Å². The van der Waals surface area contributed by atoms with E-state index in [0.29, 0.717) is 0 Å². The molecule has 1 nitrogen and oxygen atoms in total. The van der Waals surface area contributed by atoms with Crippen molar-refractivity contribution in [3.05, 3.63) is 212 Å². The van der Waals surface area contributed by atoms with Crippen molar-refractivity contribution in [2.75, 3.05) is 4.90 Å². The number of hydrogen-bond donors (Lipinski definition) is 0. The van der Waals surface area contributed by atoms with Gasteiger partial charge in [0.15, 0.2) is 0 Å². The van der Waals surface area contributed by atoms with Crippen LogP contribution in [0.3, 0.4) is 0 Å². The van der Waals surface area contributed by atoms with Crippen LogP contribution >= 0.6 is 0 Å². The van der Waals surface area contributed by atoms with Crippen molar-refractivity contribution in [1.82, 2.24) is 0 Å². The SMILES string of the molecule is c1ccc2cc(-c3ccc(N(c4ccc5c(ccc6ccccc65)c4)c4cc5cccc6c7cccc8ccc9cccc(c%10cccc4c%10c56)c9c87)cc3)ccc2c1. The van der Waals surface area contributed by atoms with E-state index >= 15 is 0 Å². The highest BCUT2D eigenvalue weighted by atomic mass is 15.1. The monoisotopic (exact) mass is 745 g/mol. The molecular weight excluding hydrogens is 711 g/mol. The van der Waals surface area contributed by atoms with Crippen LogP contribution in [-0.2, 0) is 0 Å². The predicted octanol–water partition coefficient (Wildman–Crippen LogP) is 16.6. The molecule has 272 valence electrons. The van der Waals surface area contributed by atoms with E-state index in [-0.39, 0.29) is 0 Å². The molecule has 0 amide bonds. The smallest absolute Gasteiger partial charge is 0.0546 e. The van der Waals surface area contributed by atoms with Gasteiger partial charge in [0.1, 0.15) is 0 Å². The van der Waals surface area contributed by atoms with Crippen LogP contribution in [0.15, 0.2) is 212 Å². The molecule has 0 N–H and O–H groups in total. The van der Waals surface area contributed by atoms with Gasteiger partial charge in [0, 0.05) is 22.1 Å². The third-order valence-electron chi connectivity index (χ3n) is 12.9. The second-order valence-corrected chi connectivity index (χ2v) is 16.0. The largest absolute Gasteiger partial charge is 0.310 e. The fraction of sp³-hybridized carbons (Fsp3) is 0. The first-order valence-corrected chi connectivity index (χ1v) is 20.5. The van der Waals surface area contributed by atoms with Crippen LogP contribution in [0.2, 0.25) is 0 Å². The first-order valence-electron chi connectivity index (χ1n) is 20.5. The van der Waals surface area contributed by atoms with E-state index in [1.165, 1.54) is 108 Å². The van der Waals surface area contributed by atoms with E-state index in [4.69, 9.17) is 0 Å². The van der Waals surface area contributed by atoms with Crippen molar-refractivity contribution in [3.8, 4) is 11.1 Å². The maximum Gasteiger partial charge on any atom is 0.0546 e. The third-order valence-corrected chi connectivity index (χ3v) is 12.9. The Bertz CT molecular complexity index is 3840. The van der Waals surface area contributed by atoms with E-state index in [2.05, 4.69) is 217 Å². The van der Waals surface area contributed by atoms with E-state index in [1.54, 1.807) is 0 Å². The van der Waals surface area contributed by atoms with Gasteiger partial charge in [-0.1, -0.05) is 176 Å². The Morgan fingerprint density at radius 2 is 0.695 bits per heavy atom. The predicted molar refractivity (Wildman–Crippen MR) is 255 cm³/mol. The van der Waals surface area contributed by atoms with Gasteiger partial charge in [0.05, 0.1) is 5.69 Å². The number of rotatable bonds is 4. The summed E-state index contributed by atoms with van der Waals surface area (Å²) >= 11 is 0. The molecule has 0 radical (unpaired) electrons. The van der Waals surface area contributed by atoms with Gasteiger partial charge in [-0.25, -0.2) is 0 Å². The van der Waals surface area contributed by atoms with E-state index in [9.17, 15) is 0 Å². The van der Waals surface area contributed by atoms with Crippen molar-refractivity contribution in [3.63, 3.8) is 0 Å². The molecule has 0 heterocycles. The Morgan fingerprint density at radius 1 is 0.220 bits per heavy atom. The Hall–Kier alpha value is -7.74. The molecule has 0 spiro atoms. The number of benzene rings is 12. The molecule has 0 saturated heterocycles. The zero-order valence-corrected chi connectivity index (χ0v) is 32.2. The molecule has 0 aliphatic heterocycles.